The van der Waals surface area contributed by atoms with Gasteiger partial charge in [0.1, 0.15) is 0 Å². The fourth-order valence-corrected chi connectivity index (χ4v) is 2.79. The van der Waals surface area contributed by atoms with Gasteiger partial charge in [-0.1, -0.05) is 29.3 Å². The zero-order chi connectivity index (χ0) is 17.2. The van der Waals surface area contributed by atoms with Crippen LogP contribution in [0.2, 0.25) is 10.0 Å². The molecule has 1 amide bonds. The van der Waals surface area contributed by atoms with Crippen LogP contribution in [0.15, 0.2) is 36.4 Å². The molecule has 0 spiro atoms. The number of hydrogen-bond acceptors (Lipinski definition) is 3. The van der Waals surface area contributed by atoms with Gasteiger partial charge in [-0.2, -0.15) is 0 Å². The van der Waals surface area contributed by atoms with E-state index in [-0.39, 0.29) is 11.3 Å². The van der Waals surface area contributed by atoms with Crippen LogP contribution in [0.5, 0.6) is 0 Å². The Labute approximate surface area is 144 Å². The van der Waals surface area contributed by atoms with E-state index in [9.17, 15) is 13.2 Å². The quantitative estimate of drug-likeness (QED) is 0.853. The minimum Gasteiger partial charge on any atom is -0.322 e. The van der Waals surface area contributed by atoms with Gasteiger partial charge < -0.3 is 5.32 Å². The molecule has 0 atom stereocenters. The molecule has 2 aromatic carbocycles. The molecule has 8 heteroatoms. The van der Waals surface area contributed by atoms with Gasteiger partial charge in [-0.15, -0.1) is 0 Å². The van der Waals surface area contributed by atoms with E-state index in [2.05, 4.69) is 10.0 Å². The molecule has 2 aromatic rings. The van der Waals surface area contributed by atoms with Gasteiger partial charge in [0.25, 0.3) is 5.91 Å². The number of sulfonamides is 1. The number of amides is 1. The molecule has 0 heterocycles. The number of rotatable bonds is 4. The van der Waals surface area contributed by atoms with Crippen molar-refractivity contribution in [1.82, 2.24) is 0 Å². The van der Waals surface area contributed by atoms with Crippen LogP contribution in [0.25, 0.3) is 0 Å². The third-order valence-corrected chi connectivity index (χ3v) is 4.18. The van der Waals surface area contributed by atoms with Gasteiger partial charge in [0.05, 0.1) is 17.5 Å². The average molecular weight is 373 g/mol. The monoisotopic (exact) mass is 372 g/mol. The van der Waals surface area contributed by atoms with Crippen LogP contribution >= 0.6 is 23.2 Å². The molecule has 0 unspecified atom stereocenters. The summed E-state index contributed by atoms with van der Waals surface area (Å²) in [4.78, 5) is 12.4. The van der Waals surface area contributed by atoms with Crippen molar-refractivity contribution >= 4 is 50.5 Å². The zero-order valence-electron chi connectivity index (χ0n) is 12.4. The van der Waals surface area contributed by atoms with Crippen molar-refractivity contribution in [2.45, 2.75) is 6.92 Å². The van der Waals surface area contributed by atoms with Crippen molar-refractivity contribution in [2.24, 2.45) is 0 Å². The van der Waals surface area contributed by atoms with E-state index in [1.165, 1.54) is 18.2 Å². The smallest absolute Gasteiger partial charge is 0.257 e. The van der Waals surface area contributed by atoms with Crippen LogP contribution in [0.1, 0.15) is 15.9 Å². The fourth-order valence-electron chi connectivity index (χ4n) is 1.86. The van der Waals surface area contributed by atoms with Crippen LogP contribution in [-0.4, -0.2) is 20.6 Å². The summed E-state index contributed by atoms with van der Waals surface area (Å²) in [6.07, 6.45) is 1.00. The molecular formula is C15H14Cl2N2O3S. The summed E-state index contributed by atoms with van der Waals surface area (Å²) in [5, 5.41) is 3.50. The first-order chi connectivity index (χ1) is 10.7. The SMILES string of the molecule is Cc1ccc(NC(=O)c2cc(Cl)ccc2NS(C)(=O)=O)cc1Cl. The number of carbonyl (C=O) groups excluding carboxylic acids is 1. The van der Waals surface area contributed by atoms with Crippen LogP contribution in [0.3, 0.4) is 0 Å². The molecule has 23 heavy (non-hydrogen) atoms. The number of aryl methyl sites for hydroxylation is 1. The largest absolute Gasteiger partial charge is 0.322 e. The van der Waals surface area contributed by atoms with Gasteiger partial charge >= 0.3 is 0 Å². The highest BCUT2D eigenvalue weighted by molar-refractivity contribution is 7.92. The maximum Gasteiger partial charge on any atom is 0.257 e. The Hall–Kier alpha value is -1.76. The van der Waals surface area contributed by atoms with Crippen LogP contribution in [-0.2, 0) is 10.0 Å². The van der Waals surface area contributed by atoms with Crippen LogP contribution in [0, 0.1) is 6.92 Å². The number of carbonyl (C=O) groups is 1. The molecule has 0 saturated heterocycles. The lowest BCUT2D eigenvalue weighted by atomic mass is 10.1. The highest BCUT2D eigenvalue weighted by Crippen LogP contribution is 2.24. The van der Waals surface area contributed by atoms with E-state index >= 15 is 0 Å². The van der Waals surface area contributed by atoms with E-state index in [0.717, 1.165) is 11.8 Å². The number of hydrogen-bond donors (Lipinski definition) is 2. The number of nitrogens with one attached hydrogen (secondary N) is 2. The summed E-state index contributed by atoms with van der Waals surface area (Å²) < 4.78 is 25.1. The number of anilines is 2. The Morgan fingerprint density at radius 3 is 2.39 bits per heavy atom. The highest BCUT2D eigenvalue weighted by Gasteiger charge is 2.15. The first-order valence-corrected chi connectivity index (χ1v) is 9.15. The lowest BCUT2D eigenvalue weighted by molar-refractivity contribution is 0.102. The van der Waals surface area contributed by atoms with E-state index in [4.69, 9.17) is 23.2 Å². The second kappa shape index (κ2) is 6.78. The maximum atomic E-state index is 12.4. The van der Waals surface area contributed by atoms with Gasteiger partial charge in [0.15, 0.2) is 0 Å². The maximum absolute atomic E-state index is 12.4. The van der Waals surface area contributed by atoms with Crippen LogP contribution in [0.4, 0.5) is 11.4 Å². The Balaban J connectivity index is 2.34. The Morgan fingerprint density at radius 2 is 1.78 bits per heavy atom. The van der Waals surface area contributed by atoms with Gasteiger partial charge in [0, 0.05) is 15.7 Å². The number of benzene rings is 2. The summed E-state index contributed by atoms with van der Waals surface area (Å²) in [5.41, 5.74) is 1.63. The molecule has 2 N–H and O–H groups in total. The second-order valence-electron chi connectivity index (χ2n) is 4.98. The van der Waals surface area contributed by atoms with Crippen molar-refractivity contribution in [3.05, 3.63) is 57.6 Å². The second-order valence-corrected chi connectivity index (χ2v) is 7.57. The third-order valence-electron chi connectivity index (χ3n) is 2.95. The molecule has 0 aromatic heterocycles. The predicted molar refractivity (Wildman–Crippen MR) is 94.1 cm³/mol. The molecule has 5 nitrogen and oxygen atoms in total. The Morgan fingerprint density at radius 1 is 1.09 bits per heavy atom. The van der Waals surface area contributed by atoms with E-state index in [0.29, 0.717) is 15.7 Å². The summed E-state index contributed by atoms with van der Waals surface area (Å²) in [5.74, 6) is -0.501. The molecule has 0 saturated carbocycles. The van der Waals surface area contributed by atoms with Gasteiger partial charge in [-0.05, 0) is 42.8 Å². The van der Waals surface area contributed by atoms with E-state index < -0.39 is 15.9 Å². The van der Waals surface area contributed by atoms with Gasteiger partial charge in [0.2, 0.25) is 10.0 Å². The minimum absolute atomic E-state index is 0.111. The van der Waals surface area contributed by atoms with Gasteiger partial charge in [-0.25, -0.2) is 8.42 Å². The summed E-state index contributed by atoms with van der Waals surface area (Å²) >= 11 is 11.9. The third kappa shape index (κ3) is 4.86. The molecule has 0 radical (unpaired) electrons. The molecule has 0 aliphatic heterocycles. The minimum atomic E-state index is -3.53. The van der Waals surface area contributed by atoms with Crippen molar-refractivity contribution in [3.63, 3.8) is 0 Å². The first-order valence-electron chi connectivity index (χ1n) is 6.50. The molecule has 0 aliphatic rings. The molecular weight excluding hydrogens is 359 g/mol. The molecule has 2 rings (SSSR count). The topological polar surface area (TPSA) is 75.3 Å². The normalized spacial score (nSPS) is 11.1. The summed E-state index contributed by atoms with van der Waals surface area (Å²) in [6.45, 7) is 1.85. The van der Waals surface area contributed by atoms with E-state index in [1.54, 1.807) is 18.2 Å². The molecule has 0 bridgehead atoms. The first kappa shape index (κ1) is 17.6. The Bertz CT molecular complexity index is 867. The van der Waals surface area contributed by atoms with Gasteiger partial charge in [-0.3, -0.25) is 9.52 Å². The van der Waals surface area contributed by atoms with E-state index in [1.807, 2.05) is 6.92 Å². The fraction of sp³-hybridized carbons (Fsp3) is 0.133. The summed E-state index contributed by atoms with van der Waals surface area (Å²) in [7, 11) is -3.53. The zero-order valence-corrected chi connectivity index (χ0v) is 14.7. The molecule has 0 fully saturated rings. The van der Waals surface area contributed by atoms with Crippen molar-refractivity contribution in [3.8, 4) is 0 Å². The standard InChI is InChI=1S/C15H14Cl2N2O3S/c1-9-3-5-11(8-13(9)17)18-15(20)12-7-10(16)4-6-14(12)19-23(2,21)22/h3-8,19H,1-2H3,(H,18,20). The lowest BCUT2D eigenvalue weighted by Gasteiger charge is -2.12. The summed E-state index contributed by atoms with van der Waals surface area (Å²) in [6, 6.07) is 9.40. The average Bonchev–Trinajstić information content (AvgIpc) is 2.43. The predicted octanol–water partition coefficient (Wildman–Crippen LogP) is 3.93. The number of halogens is 2. The Kier molecular flexibility index (Phi) is 5.19. The van der Waals surface area contributed by atoms with Crippen LogP contribution < -0.4 is 10.0 Å². The highest BCUT2D eigenvalue weighted by atomic mass is 35.5. The molecule has 122 valence electrons. The van der Waals surface area contributed by atoms with Crippen molar-refractivity contribution in [1.29, 1.82) is 0 Å². The van der Waals surface area contributed by atoms with Crippen molar-refractivity contribution < 1.29 is 13.2 Å². The lowest BCUT2D eigenvalue weighted by Crippen LogP contribution is -2.17. The molecule has 0 aliphatic carbocycles. The van der Waals surface area contributed by atoms with Crippen molar-refractivity contribution in [2.75, 3.05) is 16.3 Å².